The van der Waals surface area contributed by atoms with Crippen LogP contribution in [0.15, 0.2) is 41.3 Å². The summed E-state index contributed by atoms with van der Waals surface area (Å²) in [4.78, 5) is 12.1. The number of aryl methyl sites for hydroxylation is 1. The number of halogens is 1. The number of carbonyl (C=O) groups excluding carboxylic acids is 1. The largest absolute Gasteiger partial charge is 0.492 e. The molecule has 1 heterocycles. The Hall–Kier alpha value is -2.05. The molecule has 3 rings (SSSR count). The smallest absolute Gasteiger partial charge is 0.411 e. The second kappa shape index (κ2) is 8.56. The van der Waals surface area contributed by atoms with Crippen molar-refractivity contribution in [2.24, 2.45) is 0 Å². The van der Waals surface area contributed by atoms with Gasteiger partial charge < -0.3 is 9.47 Å². The fourth-order valence-corrected chi connectivity index (χ4v) is 3.99. The zero-order chi connectivity index (χ0) is 18.5. The van der Waals surface area contributed by atoms with E-state index in [0.717, 1.165) is 23.3 Å². The number of nitrogens with one attached hydrogen (secondary N) is 1. The molecule has 1 aliphatic heterocycles. The van der Waals surface area contributed by atoms with E-state index in [4.69, 9.17) is 21.1 Å². The van der Waals surface area contributed by atoms with Gasteiger partial charge in [0.2, 0.25) is 0 Å². The lowest BCUT2D eigenvalue weighted by Crippen LogP contribution is -2.20. The number of rotatable bonds is 7. The van der Waals surface area contributed by atoms with Gasteiger partial charge in [0.15, 0.2) is 0 Å². The van der Waals surface area contributed by atoms with Crippen LogP contribution in [0.1, 0.15) is 24.0 Å². The SMILES string of the molecule is Cc1ccc(S(=O)CCCCOc2ccc3c(c2Cl)COC(=O)N3)cc1. The van der Waals surface area contributed by atoms with Crippen LogP contribution in [-0.4, -0.2) is 22.7 Å². The number of unbranched alkanes of at least 4 members (excludes halogenated alkanes) is 1. The molecule has 138 valence electrons. The summed E-state index contributed by atoms with van der Waals surface area (Å²) >= 11 is 6.33. The van der Waals surface area contributed by atoms with Gasteiger partial charge >= 0.3 is 6.09 Å². The van der Waals surface area contributed by atoms with Gasteiger partial charge in [0, 0.05) is 16.2 Å². The van der Waals surface area contributed by atoms with Gasteiger partial charge in [-0.2, -0.15) is 0 Å². The molecule has 0 radical (unpaired) electrons. The topological polar surface area (TPSA) is 64.6 Å². The monoisotopic (exact) mass is 393 g/mol. The molecule has 0 bridgehead atoms. The Morgan fingerprint density at radius 3 is 2.73 bits per heavy atom. The van der Waals surface area contributed by atoms with Gasteiger partial charge in [0.25, 0.3) is 0 Å². The second-order valence-electron chi connectivity index (χ2n) is 6.02. The first kappa shape index (κ1) is 18.7. The van der Waals surface area contributed by atoms with E-state index in [1.165, 1.54) is 0 Å². The molecule has 26 heavy (non-hydrogen) atoms. The molecule has 0 saturated heterocycles. The average Bonchev–Trinajstić information content (AvgIpc) is 2.63. The van der Waals surface area contributed by atoms with Crippen LogP contribution in [0.3, 0.4) is 0 Å². The lowest BCUT2D eigenvalue weighted by atomic mass is 10.1. The zero-order valence-corrected chi connectivity index (χ0v) is 16.0. The quantitative estimate of drug-likeness (QED) is 0.694. The third kappa shape index (κ3) is 4.56. The van der Waals surface area contributed by atoms with Crippen LogP contribution in [0.25, 0.3) is 0 Å². The predicted octanol–water partition coefficient (Wildman–Crippen LogP) is 4.68. The van der Waals surface area contributed by atoms with Crippen molar-refractivity contribution in [3.05, 3.63) is 52.5 Å². The van der Waals surface area contributed by atoms with E-state index in [-0.39, 0.29) is 6.61 Å². The number of ether oxygens (including phenoxy) is 2. The van der Waals surface area contributed by atoms with Crippen LogP contribution in [0.5, 0.6) is 5.75 Å². The molecule has 0 aliphatic carbocycles. The van der Waals surface area contributed by atoms with E-state index < -0.39 is 16.9 Å². The van der Waals surface area contributed by atoms with Crippen LogP contribution in [0.4, 0.5) is 10.5 Å². The number of cyclic esters (lactones) is 1. The van der Waals surface area contributed by atoms with Gasteiger partial charge in [-0.3, -0.25) is 9.53 Å². The van der Waals surface area contributed by atoms with Crippen molar-refractivity contribution in [1.82, 2.24) is 0 Å². The number of carbonyl (C=O) groups is 1. The fraction of sp³-hybridized carbons (Fsp3) is 0.316. The molecule has 0 aromatic heterocycles. The molecule has 5 nitrogen and oxygen atoms in total. The number of benzene rings is 2. The Labute approximate surface area is 160 Å². The van der Waals surface area contributed by atoms with Crippen molar-refractivity contribution in [2.45, 2.75) is 31.3 Å². The van der Waals surface area contributed by atoms with Gasteiger partial charge in [-0.25, -0.2) is 4.79 Å². The summed E-state index contributed by atoms with van der Waals surface area (Å²) in [5, 5.41) is 3.05. The Bertz CT molecular complexity index is 823. The third-order valence-corrected chi connectivity index (χ3v) is 5.93. The highest BCUT2D eigenvalue weighted by Gasteiger charge is 2.20. The molecule has 7 heteroatoms. The number of anilines is 1. The minimum atomic E-state index is -0.988. The molecule has 0 spiro atoms. The minimum Gasteiger partial charge on any atom is -0.492 e. The fourth-order valence-electron chi connectivity index (χ4n) is 2.58. The Balaban J connectivity index is 1.46. The lowest BCUT2D eigenvalue weighted by Gasteiger charge is -2.20. The van der Waals surface area contributed by atoms with Crippen molar-refractivity contribution in [3.63, 3.8) is 0 Å². The summed E-state index contributed by atoms with van der Waals surface area (Å²) < 4.78 is 22.9. The predicted molar refractivity (Wildman–Crippen MR) is 102 cm³/mol. The maximum atomic E-state index is 12.2. The number of hydrogen-bond donors (Lipinski definition) is 1. The summed E-state index contributed by atoms with van der Waals surface area (Å²) in [5.74, 6) is 1.16. The van der Waals surface area contributed by atoms with Crippen LogP contribution < -0.4 is 10.1 Å². The number of fused-ring (bicyclic) bond motifs is 1. The van der Waals surface area contributed by atoms with Gasteiger partial charge in [-0.1, -0.05) is 29.3 Å². The minimum absolute atomic E-state index is 0.132. The van der Waals surface area contributed by atoms with Crippen molar-refractivity contribution in [2.75, 3.05) is 17.7 Å². The summed E-state index contributed by atoms with van der Waals surface area (Å²) in [7, 11) is -0.988. The lowest BCUT2D eigenvalue weighted by molar-refractivity contribution is 0.151. The molecule has 1 atom stereocenters. The highest BCUT2D eigenvalue weighted by molar-refractivity contribution is 7.85. The summed E-state index contributed by atoms with van der Waals surface area (Å²) in [5.41, 5.74) is 2.52. The Morgan fingerprint density at radius 2 is 1.96 bits per heavy atom. The van der Waals surface area contributed by atoms with E-state index in [2.05, 4.69) is 5.32 Å². The molecule has 1 amide bonds. The van der Waals surface area contributed by atoms with Crippen LogP contribution in [0, 0.1) is 6.92 Å². The highest BCUT2D eigenvalue weighted by Crippen LogP contribution is 2.36. The maximum absolute atomic E-state index is 12.2. The Kier molecular flexibility index (Phi) is 6.16. The normalized spacial score (nSPS) is 14.2. The molecule has 0 fully saturated rings. The van der Waals surface area contributed by atoms with Crippen molar-refractivity contribution in [1.29, 1.82) is 0 Å². The molecule has 2 aromatic rings. The van der Waals surface area contributed by atoms with Crippen molar-refractivity contribution in [3.8, 4) is 5.75 Å². The summed E-state index contributed by atoms with van der Waals surface area (Å²) in [6.45, 7) is 2.62. The van der Waals surface area contributed by atoms with E-state index in [0.29, 0.717) is 34.4 Å². The van der Waals surface area contributed by atoms with Gasteiger partial charge in [0.05, 0.1) is 28.1 Å². The molecule has 1 N–H and O–H groups in total. The van der Waals surface area contributed by atoms with Crippen molar-refractivity contribution < 1.29 is 18.5 Å². The molecular formula is C19H20ClNO4S. The van der Waals surface area contributed by atoms with Gasteiger partial charge in [-0.15, -0.1) is 0 Å². The first-order valence-corrected chi connectivity index (χ1v) is 10.1. The van der Waals surface area contributed by atoms with E-state index in [1.54, 1.807) is 12.1 Å². The first-order chi connectivity index (χ1) is 12.5. The molecule has 1 aliphatic rings. The van der Waals surface area contributed by atoms with E-state index >= 15 is 0 Å². The van der Waals surface area contributed by atoms with E-state index in [1.807, 2.05) is 31.2 Å². The third-order valence-electron chi connectivity index (χ3n) is 4.06. The summed E-state index contributed by atoms with van der Waals surface area (Å²) in [6, 6.07) is 11.3. The molecule has 0 saturated carbocycles. The number of hydrogen-bond acceptors (Lipinski definition) is 4. The summed E-state index contributed by atoms with van der Waals surface area (Å²) in [6.07, 6.45) is 1.09. The zero-order valence-electron chi connectivity index (χ0n) is 14.4. The maximum Gasteiger partial charge on any atom is 0.411 e. The van der Waals surface area contributed by atoms with Gasteiger partial charge in [0.1, 0.15) is 12.4 Å². The molecule has 1 unspecified atom stereocenters. The number of amides is 1. The van der Waals surface area contributed by atoms with Crippen molar-refractivity contribution >= 4 is 34.2 Å². The Morgan fingerprint density at radius 1 is 1.19 bits per heavy atom. The average molecular weight is 394 g/mol. The van der Waals surface area contributed by atoms with Crippen LogP contribution in [0.2, 0.25) is 5.02 Å². The molecular weight excluding hydrogens is 374 g/mol. The van der Waals surface area contributed by atoms with Crippen LogP contribution in [-0.2, 0) is 22.1 Å². The van der Waals surface area contributed by atoms with Crippen LogP contribution >= 0.6 is 11.6 Å². The highest BCUT2D eigenvalue weighted by atomic mass is 35.5. The molecule has 2 aromatic carbocycles. The standard InChI is InChI=1S/C19H20ClNO4S/c1-13-4-6-14(7-5-13)26(23)11-3-2-10-24-17-9-8-16-15(18(17)20)12-25-19(22)21-16/h4-9H,2-3,10-12H2,1H3,(H,21,22). The second-order valence-corrected chi connectivity index (χ2v) is 7.97. The van der Waals surface area contributed by atoms with E-state index in [9.17, 15) is 9.00 Å². The first-order valence-electron chi connectivity index (χ1n) is 8.37. The van der Waals surface area contributed by atoms with Gasteiger partial charge in [-0.05, 0) is 44.0 Å².